The molecular formula is C38H62N14O8. The largest absolute Gasteiger partial charge is 0.370 e. The summed E-state index contributed by atoms with van der Waals surface area (Å²) in [6.07, 6.45) is 3.25. The molecule has 1 heterocycles. The highest BCUT2D eigenvalue weighted by molar-refractivity contribution is 5.96. The van der Waals surface area contributed by atoms with Crippen molar-refractivity contribution in [2.75, 3.05) is 13.1 Å². The second kappa shape index (κ2) is 24.0. The van der Waals surface area contributed by atoms with Gasteiger partial charge < -0.3 is 70.0 Å². The minimum Gasteiger partial charge on any atom is -0.370 e. The molecule has 6 amide bonds. The van der Waals surface area contributed by atoms with Gasteiger partial charge in [-0.25, -0.2) is 4.98 Å². The number of aromatic amines is 1. The van der Waals surface area contributed by atoms with Crippen LogP contribution in [0.2, 0.25) is 0 Å². The van der Waals surface area contributed by atoms with Crippen molar-refractivity contribution in [3.63, 3.8) is 0 Å². The van der Waals surface area contributed by atoms with E-state index >= 15 is 0 Å². The predicted octanol–water partition coefficient (Wildman–Crippen LogP) is -3.21. The third-order valence-corrected chi connectivity index (χ3v) is 9.32. The first-order valence-corrected chi connectivity index (χ1v) is 19.5. The van der Waals surface area contributed by atoms with E-state index in [-0.39, 0.29) is 57.2 Å². The summed E-state index contributed by atoms with van der Waals surface area (Å²) in [6, 6.07) is -0.894. The second-order valence-electron chi connectivity index (χ2n) is 14.9. The molecule has 1 aromatic heterocycles. The van der Waals surface area contributed by atoms with Gasteiger partial charge in [-0.3, -0.25) is 38.8 Å². The number of amides is 6. The van der Waals surface area contributed by atoms with Gasteiger partial charge in [0.05, 0.1) is 12.4 Å². The predicted molar refractivity (Wildman–Crippen MR) is 223 cm³/mol. The lowest BCUT2D eigenvalue weighted by Gasteiger charge is -2.30. The number of aliphatic imine (C=N–C) groups is 2. The van der Waals surface area contributed by atoms with Crippen LogP contribution in [0.3, 0.4) is 0 Å². The number of hydrogen-bond donors (Lipinski definition) is 13. The van der Waals surface area contributed by atoms with Crippen molar-refractivity contribution in [3.05, 3.63) is 53.1 Å². The topological polar surface area (TPSA) is 373 Å². The first-order chi connectivity index (χ1) is 28.1. The maximum atomic E-state index is 14.0. The van der Waals surface area contributed by atoms with Gasteiger partial charge in [0.1, 0.15) is 24.2 Å². The number of nitrogens with zero attached hydrogens (tertiary/aromatic N) is 3. The summed E-state index contributed by atoms with van der Waals surface area (Å²) in [7, 11) is 0. The van der Waals surface area contributed by atoms with Crippen molar-refractivity contribution < 1.29 is 39.0 Å². The van der Waals surface area contributed by atoms with Crippen molar-refractivity contribution in [2.24, 2.45) is 38.8 Å². The zero-order valence-corrected chi connectivity index (χ0v) is 35.0. The quantitative estimate of drug-likeness (QED) is 0.0215. The number of nitrogens with one attached hydrogen (secondary N) is 7. The molecule has 0 aliphatic carbocycles. The van der Waals surface area contributed by atoms with Crippen LogP contribution in [0.25, 0.3) is 0 Å². The molecule has 2 rings (SSSR count). The molecule has 0 fully saturated rings. The molecule has 22 nitrogen and oxygen atoms in total. The summed E-state index contributed by atoms with van der Waals surface area (Å²) in [5.74, 6) is -8.69. The monoisotopic (exact) mass is 842 g/mol. The van der Waals surface area contributed by atoms with Gasteiger partial charge in [0.25, 0.3) is 11.7 Å². The molecule has 0 aliphatic heterocycles. The van der Waals surface area contributed by atoms with Crippen molar-refractivity contribution in [1.29, 1.82) is 0 Å². The van der Waals surface area contributed by atoms with E-state index in [4.69, 9.17) is 22.9 Å². The van der Waals surface area contributed by atoms with Gasteiger partial charge >= 0.3 is 0 Å². The van der Waals surface area contributed by atoms with Gasteiger partial charge in [-0.05, 0) is 63.5 Å². The minimum absolute atomic E-state index is 0.0113. The number of carbonyl (C=O) groups excluding carboxylic acids is 6. The van der Waals surface area contributed by atoms with Crippen LogP contribution >= 0.6 is 0 Å². The lowest BCUT2D eigenvalue weighted by molar-refractivity contribution is -0.195. The Balaban J connectivity index is 2.31. The molecule has 0 unspecified atom stereocenters. The lowest BCUT2D eigenvalue weighted by Crippen LogP contribution is -2.63. The molecule has 17 N–H and O–H groups in total. The van der Waals surface area contributed by atoms with E-state index in [0.717, 1.165) is 16.7 Å². The number of aryl methyl sites for hydroxylation is 2. The number of carbonyl (C=O) groups is 6. The first-order valence-electron chi connectivity index (χ1n) is 19.5. The Labute approximate surface area is 349 Å². The van der Waals surface area contributed by atoms with Crippen molar-refractivity contribution in [2.45, 2.75) is 116 Å². The highest BCUT2D eigenvalue weighted by atomic mass is 16.5. The number of imidazole rings is 1. The fourth-order valence-corrected chi connectivity index (χ4v) is 5.85. The van der Waals surface area contributed by atoms with Gasteiger partial charge in [0.2, 0.25) is 29.5 Å². The second-order valence-corrected chi connectivity index (χ2v) is 14.9. The van der Waals surface area contributed by atoms with E-state index < -0.39 is 77.4 Å². The van der Waals surface area contributed by atoms with E-state index in [9.17, 15) is 39.0 Å². The van der Waals surface area contributed by atoms with Crippen LogP contribution in [0.5, 0.6) is 0 Å². The maximum Gasteiger partial charge on any atom is 0.282 e. The lowest BCUT2D eigenvalue weighted by atomic mass is 10.0. The number of guanidine groups is 2. The summed E-state index contributed by atoms with van der Waals surface area (Å²) >= 11 is 0. The van der Waals surface area contributed by atoms with Crippen LogP contribution in [0.15, 0.2) is 40.7 Å². The molecule has 0 saturated carbocycles. The number of aromatic nitrogens is 2. The van der Waals surface area contributed by atoms with E-state index in [1.54, 1.807) is 13.8 Å². The standard InChI is InChI=1S/C38H62N14O8/c1-20(2)30(52-32(55)27(49-24(6)53)9-7-13-44-36(39)40)34(57)50-28(10-8-14-45-37(41)42)31(54)51-29(16-26-18-43-19-47-26)33(56)48-23(5)38(59,60)35(58)46-17-25-15-21(3)11-12-22(25)4/h11-12,15,18-20,23,27-30,59-60H,7-10,13-14,16-17H2,1-6H3,(H,43,47)(H,46,58)(H,48,56)(H,49,53)(H,50,57)(H,51,54)(H,52,55)(H4,39,40,44)(H4,41,42,45)/t23-,27-,28-,29-,30-/m0/s1. The molecule has 0 saturated heterocycles. The summed E-state index contributed by atoms with van der Waals surface area (Å²) < 4.78 is 0. The Morgan fingerprint density at radius 2 is 1.33 bits per heavy atom. The van der Waals surface area contributed by atoms with Gasteiger partial charge in [-0.15, -0.1) is 0 Å². The zero-order chi connectivity index (χ0) is 45.2. The molecule has 60 heavy (non-hydrogen) atoms. The van der Waals surface area contributed by atoms with Crippen LogP contribution < -0.4 is 54.8 Å². The highest BCUT2D eigenvalue weighted by Gasteiger charge is 2.42. The van der Waals surface area contributed by atoms with Gasteiger partial charge in [-0.2, -0.15) is 0 Å². The fourth-order valence-electron chi connectivity index (χ4n) is 5.85. The molecule has 0 radical (unpaired) electrons. The van der Waals surface area contributed by atoms with Crippen molar-refractivity contribution >= 4 is 47.4 Å². The number of H-pyrrole nitrogens is 1. The minimum atomic E-state index is -3.07. The molecule has 0 bridgehead atoms. The fraction of sp³-hybridized carbons (Fsp3) is 0.553. The third kappa shape index (κ3) is 16.9. The maximum absolute atomic E-state index is 14.0. The number of nitrogens with two attached hydrogens (primary N) is 4. The number of aliphatic hydroxyl groups is 2. The Hall–Kier alpha value is -6.29. The van der Waals surface area contributed by atoms with E-state index in [1.807, 2.05) is 32.0 Å². The van der Waals surface area contributed by atoms with E-state index in [2.05, 4.69) is 51.9 Å². The van der Waals surface area contributed by atoms with Crippen molar-refractivity contribution in [3.8, 4) is 0 Å². The van der Waals surface area contributed by atoms with Gasteiger partial charge in [-0.1, -0.05) is 37.6 Å². The number of benzene rings is 1. The Bertz CT molecular complexity index is 1820. The number of rotatable bonds is 24. The average molecular weight is 843 g/mol. The van der Waals surface area contributed by atoms with Gasteiger partial charge in [0, 0.05) is 44.9 Å². The molecule has 1 aromatic carbocycles. The summed E-state index contributed by atoms with van der Waals surface area (Å²) in [5, 5.41) is 37.1. The average Bonchev–Trinajstić information content (AvgIpc) is 3.68. The van der Waals surface area contributed by atoms with Crippen LogP contribution in [-0.2, 0) is 41.7 Å². The highest BCUT2D eigenvalue weighted by Crippen LogP contribution is 2.14. The van der Waals surface area contributed by atoms with Crippen LogP contribution in [0.1, 0.15) is 75.8 Å². The Morgan fingerprint density at radius 3 is 1.87 bits per heavy atom. The molecular weight excluding hydrogens is 781 g/mol. The summed E-state index contributed by atoms with van der Waals surface area (Å²) in [6.45, 7) is 9.77. The van der Waals surface area contributed by atoms with Gasteiger partial charge in [0.15, 0.2) is 11.9 Å². The molecule has 2 aromatic rings. The molecule has 22 heteroatoms. The molecule has 5 atom stereocenters. The normalized spacial score (nSPS) is 13.7. The van der Waals surface area contributed by atoms with E-state index in [0.29, 0.717) is 12.1 Å². The van der Waals surface area contributed by atoms with Crippen LogP contribution in [0.4, 0.5) is 0 Å². The Morgan fingerprint density at radius 1 is 0.783 bits per heavy atom. The van der Waals surface area contributed by atoms with Crippen LogP contribution in [-0.4, -0.2) is 117 Å². The number of hydrogen-bond acceptors (Lipinski definition) is 11. The Kier molecular flexibility index (Phi) is 19.9. The van der Waals surface area contributed by atoms with Crippen LogP contribution in [0, 0.1) is 19.8 Å². The molecule has 0 spiro atoms. The van der Waals surface area contributed by atoms with E-state index in [1.165, 1.54) is 26.4 Å². The third-order valence-electron chi connectivity index (χ3n) is 9.32. The first kappa shape index (κ1) is 49.9. The molecule has 332 valence electrons. The smallest absolute Gasteiger partial charge is 0.282 e. The van der Waals surface area contributed by atoms with Crippen molar-refractivity contribution in [1.82, 2.24) is 41.9 Å². The molecule has 0 aliphatic rings. The summed E-state index contributed by atoms with van der Waals surface area (Å²) in [4.78, 5) is 94.5. The summed E-state index contributed by atoms with van der Waals surface area (Å²) in [5.41, 5.74) is 24.7. The SMILES string of the molecule is CC(=O)N[C@@H](CCCN=C(N)N)C(=O)N[C@H](C(=O)N[C@@H](CCCN=C(N)N)C(=O)N[C@@H](Cc1cnc[nH]1)C(=O)N[C@@H](C)C(O)(O)C(=O)NCc1cc(C)ccc1C)C(C)C. The zero-order valence-electron chi connectivity index (χ0n) is 35.0.